The third-order valence-corrected chi connectivity index (χ3v) is 3.03. The molecule has 0 radical (unpaired) electrons. The van der Waals surface area contributed by atoms with Crippen LogP contribution in [0.4, 0.5) is 5.69 Å². The van der Waals surface area contributed by atoms with Gasteiger partial charge in [0.25, 0.3) is 5.91 Å². The number of nitrogen functional groups attached to an aromatic ring is 1. The summed E-state index contributed by atoms with van der Waals surface area (Å²) in [4.78, 5) is 11.6. The lowest BCUT2D eigenvalue weighted by atomic mass is 10.1. The normalized spacial score (nSPS) is 10.2. The number of anilines is 1. The standard InChI is InChI=1S/C12H17Cl2N3O/c1-2-3-4-5-16-11-9(12(18)17-15)6-8(13)7-10(11)14/h6-7,16H,2-5,15H2,1H3,(H,17,18). The number of nitrogens with one attached hydrogen (secondary N) is 2. The Morgan fingerprint density at radius 2 is 2.06 bits per heavy atom. The molecule has 100 valence electrons. The van der Waals surface area contributed by atoms with Crippen molar-refractivity contribution >= 4 is 34.8 Å². The van der Waals surface area contributed by atoms with Crippen molar-refractivity contribution in [1.82, 2.24) is 5.43 Å². The lowest BCUT2D eigenvalue weighted by molar-refractivity contribution is 0.0954. The highest BCUT2D eigenvalue weighted by Gasteiger charge is 2.14. The van der Waals surface area contributed by atoms with E-state index in [4.69, 9.17) is 29.0 Å². The summed E-state index contributed by atoms with van der Waals surface area (Å²) in [5.74, 6) is 4.72. The van der Waals surface area contributed by atoms with E-state index in [0.717, 1.165) is 25.8 Å². The summed E-state index contributed by atoms with van der Waals surface area (Å²) in [6, 6.07) is 3.14. The van der Waals surface area contributed by atoms with E-state index in [1.807, 2.05) is 0 Å². The number of hydrazine groups is 1. The molecule has 0 aliphatic rings. The number of unbranched alkanes of at least 4 members (excludes halogenated alkanes) is 2. The van der Waals surface area contributed by atoms with Crippen LogP contribution in [-0.2, 0) is 0 Å². The Balaban J connectivity index is 2.90. The maximum atomic E-state index is 11.6. The van der Waals surface area contributed by atoms with Crippen molar-refractivity contribution < 1.29 is 4.79 Å². The van der Waals surface area contributed by atoms with Gasteiger partial charge in [-0.2, -0.15) is 0 Å². The molecule has 18 heavy (non-hydrogen) atoms. The van der Waals surface area contributed by atoms with Crippen molar-refractivity contribution in [2.24, 2.45) is 5.84 Å². The highest BCUT2D eigenvalue weighted by molar-refractivity contribution is 6.37. The first-order chi connectivity index (χ1) is 8.60. The molecule has 1 rings (SSSR count). The molecule has 1 aromatic rings. The highest BCUT2D eigenvalue weighted by atomic mass is 35.5. The molecule has 1 amide bonds. The number of hydrogen-bond acceptors (Lipinski definition) is 3. The Kier molecular flexibility index (Phi) is 6.25. The van der Waals surface area contributed by atoms with Gasteiger partial charge in [0.1, 0.15) is 0 Å². The SMILES string of the molecule is CCCCCNc1c(Cl)cc(Cl)cc1C(=O)NN. The molecule has 0 aromatic heterocycles. The molecule has 0 heterocycles. The molecule has 0 spiro atoms. The van der Waals surface area contributed by atoms with Gasteiger partial charge in [-0.15, -0.1) is 0 Å². The number of rotatable bonds is 6. The van der Waals surface area contributed by atoms with Crippen LogP contribution in [0, 0.1) is 0 Å². The summed E-state index contributed by atoms with van der Waals surface area (Å²) in [5, 5.41) is 3.97. The molecule has 4 N–H and O–H groups in total. The van der Waals surface area contributed by atoms with Crippen molar-refractivity contribution in [3.05, 3.63) is 27.7 Å². The minimum absolute atomic E-state index is 0.353. The smallest absolute Gasteiger partial charge is 0.267 e. The van der Waals surface area contributed by atoms with E-state index >= 15 is 0 Å². The number of benzene rings is 1. The van der Waals surface area contributed by atoms with Crippen molar-refractivity contribution in [3.8, 4) is 0 Å². The van der Waals surface area contributed by atoms with Crippen LogP contribution >= 0.6 is 23.2 Å². The molecule has 0 atom stereocenters. The summed E-state index contributed by atoms with van der Waals surface area (Å²) in [7, 11) is 0. The minimum Gasteiger partial charge on any atom is -0.383 e. The molecule has 6 heteroatoms. The van der Waals surface area contributed by atoms with Crippen LogP contribution in [0.5, 0.6) is 0 Å². The van der Waals surface area contributed by atoms with Gasteiger partial charge < -0.3 is 5.32 Å². The molecule has 0 aliphatic heterocycles. The lowest BCUT2D eigenvalue weighted by Gasteiger charge is -2.13. The summed E-state index contributed by atoms with van der Waals surface area (Å²) in [6.07, 6.45) is 3.27. The number of hydrogen-bond donors (Lipinski definition) is 3. The Bertz CT molecular complexity index is 424. The monoisotopic (exact) mass is 289 g/mol. The molecule has 4 nitrogen and oxygen atoms in total. The molecule has 0 aliphatic carbocycles. The molecular formula is C12H17Cl2N3O. The zero-order chi connectivity index (χ0) is 13.5. The third-order valence-electron chi connectivity index (χ3n) is 2.51. The average molecular weight is 290 g/mol. The molecule has 1 aromatic carbocycles. The van der Waals surface area contributed by atoms with E-state index in [-0.39, 0.29) is 0 Å². The maximum absolute atomic E-state index is 11.6. The second-order valence-corrected chi connectivity index (χ2v) is 4.76. The zero-order valence-corrected chi connectivity index (χ0v) is 11.7. The molecule has 0 unspecified atom stereocenters. The van der Waals surface area contributed by atoms with Crippen LogP contribution in [0.3, 0.4) is 0 Å². The van der Waals surface area contributed by atoms with Crippen molar-refractivity contribution in [2.75, 3.05) is 11.9 Å². The predicted molar refractivity (Wildman–Crippen MR) is 76.1 cm³/mol. The van der Waals surface area contributed by atoms with Crippen LogP contribution in [-0.4, -0.2) is 12.5 Å². The Hall–Kier alpha value is -0.970. The van der Waals surface area contributed by atoms with Gasteiger partial charge in [0, 0.05) is 11.6 Å². The highest BCUT2D eigenvalue weighted by Crippen LogP contribution is 2.30. The average Bonchev–Trinajstić information content (AvgIpc) is 2.35. The first-order valence-corrected chi connectivity index (χ1v) is 6.59. The van der Waals surface area contributed by atoms with Gasteiger partial charge in [-0.25, -0.2) is 5.84 Å². The van der Waals surface area contributed by atoms with Crippen LogP contribution in [0.25, 0.3) is 0 Å². The third kappa shape index (κ3) is 4.05. The maximum Gasteiger partial charge on any atom is 0.267 e. The van der Waals surface area contributed by atoms with E-state index in [2.05, 4.69) is 17.7 Å². The summed E-state index contributed by atoms with van der Waals surface area (Å²) in [5.41, 5.74) is 3.00. The zero-order valence-electron chi connectivity index (χ0n) is 10.2. The van der Waals surface area contributed by atoms with Crippen LogP contribution < -0.4 is 16.6 Å². The van der Waals surface area contributed by atoms with E-state index in [0.29, 0.717) is 21.3 Å². The number of nitrogens with two attached hydrogens (primary N) is 1. The quantitative estimate of drug-likeness (QED) is 0.326. The van der Waals surface area contributed by atoms with Gasteiger partial charge in [0.05, 0.1) is 16.3 Å². The Morgan fingerprint density at radius 1 is 1.33 bits per heavy atom. The van der Waals surface area contributed by atoms with Gasteiger partial charge >= 0.3 is 0 Å². The fourth-order valence-corrected chi connectivity index (χ4v) is 2.16. The largest absolute Gasteiger partial charge is 0.383 e. The van der Waals surface area contributed by atoms with Crippen LogP contribution in [0.2, 0.25) is 10.0 Å². The Labute approximate surface area is 117 Å². The van der Waals surface area contributed by atoms with Gasteiger partial charge in [0.2, 0.25) is 0 Å². The summed E-state index contributed by atoms with van der Waals surface area (Å²) >= 11 is 12.0. The predicted octanol–water partition coefficient (Wildman–Crippen LogP) is 3.20. The number of halogens is 2. The second-order valence-electron chi connectivity index (χ2n) is 3.92. The number of amides is 1. The van der Waals surface area contributed by atoms with Gasteiger partial charge in [0.15, 0.2) is 0 Å². The van der Waals surface area contributed by atoms with E-state index in [9.17, 15) is 4.79 Å². The first-order valence-electron chi connectivity index (χ1n) is 5.84. The number of carbonyl (C=O) groups excluding carboxylic acids is 1. The fraction of sp³-hybridized carbons (Fsp3) is 0.417. The van der Waals surface area contributed by atoms with Crippen LogP contribution in [0.15, 0.2) is 12.1 Å². The first kappa shape index (κ1) is 15.1. The molecule has 0 bridgehead atoms. The van der Waals surface area contributed by atoms with E-state index in [1.54, 1.807) is 6.07 Å². The minimum atomic E-state index is -0.419. The molecule has 0 fully saturated rings. The summed E-state index contributed by atoms with van der Waals surface area (Å²) in [6.45, 7) is 2.88. The van der Waals surface area contributed by atoms with Gasteiger partial charge in [-0.1, -0.05) is 43.0 Å². The molecular weight excluding hydrogens is 273 g/mol. The Morgan fingerprint density at radius 3 is 2.67 bits per heavy atom. The number of carbonyl (C=O) groups is 1. The van der Waals surface area contributed by atoms with E-state index < -0.39 is 5.91 Å². The van der Waals surface area contributed by atoms with Crippen molar-refractivity contribution in [1.29, 1.82) is 0 Å². The van der Waals surface area contributed by atoms with Crippen molar-refractivity contribution in [2.45, 2.75) is 26.2 Å². The second kappa shape index (κ2) is 7.46. The topological polar surface area (TPSA) is 67.2 Å². The van der Waals surface area contributed by atoms with Gasteiger partial charge in [-0.05, 0) is 18.6 Å². The molecule has 0 saturated heterocycles. The van der Waals surface area contributed by atoms with Gasteiger partial charge in [-0.3, -0.25) is 10.2 Å². The van der Waals surface area contributed by atoms with Crippen LogP contribution in [0.1, 0.15) is 36.5 Å². The lowest BCUT2D eigenvalue weighted by Crippen LogP contribution is -2.30. The fourth-order valence-electron chi connectivity index (χ4n) is 1.60. The molecule has 0 saturated carbocycles. The van der Waals surface area contributed by atoms with E-state index in [1.165, 1.54) is 6.07 Å². The van der Waals surface area contributed by atoms with Crippen molar-refractivity contribution in [3.63, 3.8) is 0 Å². The summed E-state index contributed by atoms with van der Waals surface area (Å²) < 4.78 is 0.